The molecule has 0 radical (unpaired) electrons. The normalized spacial score (nSPS) is 16.7. The van der Waals surface area contributed by atoms with Crippen LogP contribution >= 0.6 is 34.3 Å². The van der Waals surface area contributed by atoms with Crippen molar-refractivity contribution in [3.8, 4) is 0 Å². The summed E-state index contributed by atoms with van der Waals surface area (Å²) >= 11 is 9.68. The van der Waals surface area contributed by atoms with Crippen molar-refractivity contribution in [2.45, 2.75) is 25.3 Å². The maximum atomic E-state index is 12.8. The van der Waals surface area contributed by atoms with E-state index in [1.165, 1.54) is 35.5 Å². The molecular weight excluding hydrogens is 384 g/mol. The first-order valence-electron chi connectivity index (χ1n) is 8.97. The number of hydrogen-bond acceptors (Lipinski definition) is 4. The van der Waals surface area contributed by atoms with E-state index in [9.17, 15) is 4.79 Å². The Kier molecular flexibility index (Phi) is 5.60. The molecule has 3 aromatic rings. The molecule has 136 valence electrons. The lowest BCUT2D eigenvalue weighted by atomic mass is 10.1. The number of piperidine rings is 1. The van der Waals surface area contributed by atoms with Crippen LogP contribution in [0.4, 0.5) is 0 Å². The van der Waals surface area contributed by atoms with E-state index in [1.54, 1.807) is 11.3 Å². The molecule has 1 aromatic carbocycles. The van der Waals surface area contributed by atoms with Gasteiger partial charge in [0.05, 0.1) is 11.1 Å². The Bertz CT molecular complexity index is 884. The van der Waals surface area contributed by atoms with E-state index in [0.29, 0.717) is 16.4 Å². The second-order valence-corrected chi connectivity index (χ2v) is 8.99. The van der Waals surface area contributed by atoms with Gasteiger partial charge in [-0.15, -0.1) is 22.7 Å². The minimum absolute atomic E-state index is 0.0743. The van der Waals surface area contributed by atoms with Crippen LogP contribution in [0.1, 0.15) is 39.9 Å². The molecule has 1 atom stereocenters. The fourth-order valence-corrected chi connectivity index (χ4v) is 5.84. The number of nitrogens with zero attached hydrogens (tertiary/aromatic N) is 1. The molecule has 4 rings (SSSR count). The fraction of sp³-hybridized carbons (Fsp3) is 0.350. The summed E-state index contributed by atoms with van der Waals surface area (Å²) < 4.78 is 1.05. The van der Waals surface area contributed by atoms with Crippen molar-refractivity contribution in [2.75, 3.05) is 19.6 Å². The lowest BCUT2D eigenvalue weighted by Gasteiger charge is -2.34. The van der Waals surface area contributed by atoms with Gasteiger partial charge in [-0.1, -0.05) is 42.3 Å². The maximum absolute atomic E-state index is 12.8. The molecule has 6 heteroatoms. The first-order valence-corrected chi connectivity index (χ1v) is 11.0. The predicted octanol–water partition coefficient (Wildman–Crippen LogP) is 5.57. The topological polar surface area (TPSA) is 32.3 Å². The van der Waals surface area contributed by atoms with Crippen LogP contribution in [0.3, 0.4) is 0 Å². The molecule has 0 bridgehead atoms. The highest BCUT2D eigenvalue weighted by molar-refractivity contribution is 7.21. The zero-order valence-corrected chi connectivity index (χ0v) is 16.8. The first kappa shape index (κ1) is 18.0. The molecule has 26 heavy (non-hydrogen) atoms. The summed E-state index contributed by atoms with van der Waals surface area (Å²) in [5, 5.41) is 6.76. The Labute approximate surface area is 166 Å². The average molecular weight is 405 g/mol. The summed E-state index contributed by atoms with van der Waals surface area (Å²) in [7, 11) is 0. The third kappa shape index (κ3) is 3.67. The Morgan fingerprint density at radius 3 is 2.69 bits per heavy atom. The fourth-order valence-electron chi connectivity index (χ4n) is 3.55. The summed E-state index contributed by atoms with van der Waals surface area (Å²) in [5.41, 5.74) is 0. The van der Waals surface area contributed by atoms with Crippen LogP contribution in [0.5, 0.6) is 0 Å². The number of nitrogens with one attached hydrogen (secondary N) is 1. The number of fused-ring (bicyclic) bond motifs is 1. The highest BCUT2D eigenvalue weighted by atomic mass is 35.5. The molecule has 0 aliphatic carbocycles. The van der Waals surface area contributed by atoms with Crippen molar-refractivity contribution < 1.29 is 4.79 Å². The van der Waals surface area contributed by atoms with Crippen molar-refractivity contribution in [2.24, 2.45) is 0 Å². The highest BCUT2D eigenvalue weighted by Gasteiger charge is 2.25. The molecule has 0 spiro atoms. The van der Waals surface area contributed by atoms with Gasteiger partial charge in [-0.25, -0.2) is 0 Å². The molecule has 0 saturated carbocycles. The minimum atomic E-state index is -0.0743. The molecule has 1 aliphatic rings. The smallest absolute Gasteiger partial charge is 0.262 e. The summed E-state index contributed by atoms with van der Waals surface area (Å²) in [4.78, 5) is 17.2. The van der Waals surface area contributed by atoms with E-state index in [2.05, 4.69) is 27.7 Å². The predicted molar refractivity (Wildman–Crippen MR) is 112 cm³/mol. The zero-order chi connectivity index (χ0) is 17.9. The van der Waals surface area contributed by atoms with E-state index in [0.717, 1.165) is 23.2 Å². The third-order valence-electron chi connectivity index (χ3n) is 4.90. The molecule has 1 amide bonds. The Morgan fingerprint density at radius 1 is 1.15 bits per heavy atom. The number of carbonyl (C=O) groups excluding carboxylic acids is 1. The number of likely N-dealkylation sites (tertiary alicyclic amines) is 1. The molecule has 3 nitrogen and oxygen atoms in total. The Hall–Kier alpha value is -1.40. The van der Waals surface area contributed by atoms with Crippen LogP contribution in [0.25, 0.3) is 10.1 Å². The molecule has 1 fully saturated rings. The number of rotatable bonds is 5. The highest BCUT2D eigenvalue weighted by Crippen LogP contribution is 2.35. The van der Waals surface area contributed by atoms with Gasteiger partial charge in [-0.3, -0.25) is 9.69 Å². The second-order valence-electron chi connectivity index (χ2n) is 6.58. The molecular formula is C20H21ClN2OS2. The largest absolute Gasteiger partial charge is 0.349 e. The van der Waals surface area contributed by atoms with E-state index in [1.807, 2.05) is 24.3 Å². The molecule has 1 N–H and O–H groups in total. The van der Waals surface area contributed by atoms with Crippen LogP contribution in [-0.2, 0) is 0 Å². The first-order chi connectivity index (χ1) is 12.7. The maximum Gasteiger partial charge on any atom is 0.262 e. The lowest BCUT2D eigenvalue weighted by Crippen LogP contribution is -2.40. The van der Waals surface area contributed by atoms with Gasteiger partial charge < -0.3 is 5.32 Å². The van der Waals surface area contributed by atoms with Gasteiger partial charge >= 0.3 is 0 Å². The van der Waals surface area contributed by atoms with Gasteiger partial charge in [-0.2, -0.15) is 0 Å². The molecule has 1 saturated heterocycles. The van der Waals surface area contributed by atoms with Crippen molar-refractivity contribution in [3.05, 3.63) is 56.6 Å². The van der Waals surface area contributed by atoms with Crippen LogP contribution in [0, 0.1) is 0 Å². The van der Waals surface area contributed by atoms with E-state index < -0.39 is 0 Å². The number of carbonyl (C=O) groups is 1. The van der Waals surface area contributed by atoms with E-state index in [-0.39, 0.29) is 11.9 Å². The van der Waals surface area contributed by atoms with Crippen LogP contribution in [-0.4, -0.2) is 30.4 Å². The quantitative estimate of drug-likeness (QED) is 0.602. The lowest BCUT2D eigenvalue weighted by molar-refractivity contribution is 0.0930. The van der Waals surface area contributed by atoms with Crippen molar-refractivity contribution in [3.63, 3.8) is 0 Å². The Balaban J connectivity index is 1.51. The third-order valence-corrected chi connectivity index (χ3v) is 7.55. The zero-order valence-electron chi connectivity index (χ0n) is 14.4. The standard InChI is InChI=1S/C20H21ClN2OS2/c21-18-14-7-2-3-8-16(14)26-19(18)20(24)22-13-15(17-9-6-12-25-17)23-10-4-1-5-11-23/h2-3,6-9,12,15H,1,4-5,10-11,13H2,(H,22,24). The summed E-state index contributed by atoms with van der Waals surface area (Å²) in [6, 6.07) is 12.4. The van der Waals surface area contributed by atoms with Gasteiger partial charge in [0.2, 0.25) is 0 Å². The van der Waals surface area contributed by atoms with Crippen LogP contribution in [0.15, 0.2) is 41.8 Å². The summed E-state index contributed by atoms with van der Waals surface area (Å²) in [6.45, 7) is 2.81. The van der Waals surface area contributed by atoms with Gasteiger partial charge in [0.15, 0.2) is 0 Å². The number of halogens is 1. The SMILES string of the molecule is O=C(NCC(c1cccs1)N1CCCCC1)c1sc2ccccc2c1Cl. The number of thiophene rings is 2. The van der Waals surface area contributed by atoms with Crippen LogP contribution < -0.4 is 5.32 Å². The van der Waals surface area contributed by atoms with Crippen molar-refractivity contribution in [1.82, 2.24) is 10.2 Å². The van der Waals surface area contributed by atoms with Gasteiger partial charge in [0.1, 0.15) is 4.88 Å². The van der Waals surface area contributed by atoms with Gasteiger partial charge in [0.25, 0.3) is 5.91 Å². The van der Waals surface area contributed by atoms with Gasteiger partial charge in [0, 0.05) is 21.5 Å². The van der Waals surface area contributed by atoms with Gasteiger partial charge in [-0.05, 0) is 43.4 Å². The monoisotopic (exact) mass is 404 g/mol. The van der Waals surface area contributed by atoms with Crippen LogP contribution in [0.2, 0.25) is 5.02 Å². The number of amides is 1. The molecule has 3 heterocycles. The minimum Gasteiger partial charge on any atom is -0.349 e. The molecule has 1 unspecified atom stereocenters. The summed E-state index contributed by atoms with van der Waals surface area (Å²) in [6.07, 6.45) is 3.77. The Morgan fingerprint density at radius 2 is 1.96 bits per heavy atom. The van der Waals surface area contributed by atoms with E-state index >= 15 is 0 Å². The molecule has 1 aliphatic heterocycles. The average Bonchev–Trinajstić information content (AvgIpc) is 3.32. The molecule has 2 aromatic heterocycles. The second kappa shape index (κ2) is 8.09. The van der Waals surface area contributed by atoms with E-state index in [4.69, 9.17) is 11.6 Å². The number of benzene rings is 1. The summed E-state index contributed by atoms with van der Waals surface area (Å²) in [5.74, 6) is -0.0743. The van der Waals surface area contributed by atoms with Crippen molar-refractivity contribution in [1.29, 1.82) is 0 Å². The van der Waals surface area contributed by atoms with Crippen molar-refractivity contribution >= 4 is 50.3 Å². The number of hydrogen-bond donors (Lipinski definition) is 1.